The van der Waals surface area contributed by atoms with E-state index in [1.54, 1.807) is 17.8 Å². The van der Waals surface area contributed by atoms with Crippen molar-refractivity contribution in [3.63, 3.8) is 0 Å². The number of piperazine rings is 1. The molecule has 3 aliphatic rings. The number of anilines is 3. The Balaban J connectivity index is 0.727. The number of carbonyl (C=O) groups excluding carboxylic acids is 4. The van der Waals surface area contributed by atoms with Crippen molar-refractivity contribution < 1.29 is 33.8 Å². The van der Waals surface area contributed by atoms with Gasteiger partial charge in [-0.05, 0) is 96.6 Å². The number of para-hydroxylation sites is 1. The number of amides is 4. The first-order chi connectivity index (χ1) is 33.4. The van der Waals surface area contributed by atoms with Gasteiger partial charge in [-0.25, -0.2) is 14.8 Å². The highest BCUT2D eigenvalue weighted by Crippen LogP contribution is 2.36. The number of aromatic nitrogens is 4. The Morgan fingerprint density at radius 3 is 2.49 bits per heavy atom. The number of hydrogen-bond donors (Lipinski definition) is 4. The van der Waals surface area contributed by atoms with Crippen molar-refractivity contribution in [1.29, 1.82) is 0 Å². The van der Waals surface area contributed by atoms with E-state index >= 15 is 0 Å². The molecule has 6 heterocycles. The summed E-state index contributed by atoms with van der Waals surface area (Å²) in [6.45, 7) is 7.22. The van der Waals surface area contributed by atoms with E-state index in [4.69, 9.17) is 9.72 Å². The summed E-state index contributed by atoms with van der Waals surface area (Å²) in [5.41, 5.74) is 7.29. The zero-order valence-corrected chi connectivity index (χ0v) is 39.0. The number of pyridine rings is 1. The van der Waals surface area contributed by atoms with Gasteiger partial charge in [0.05, 0.1) is 33.9 Å². The molecule has 3 aromatic heterocycles. The molecule has 2 fully saturated rings. The number of fused-ring (bicyclic) bond motifs is 3. The standard InChI is InChI=1S/C51H50N10O7S/c1-30-33(34-15-17-43(54-47(34)50(66)67)61-20-19-31-7-5-9-35(38(31)28-61)48(64)56-51-53-39-10-3-4-12-42(39)69-51)8-6-11-41(30)68-26-25-59-21-23-60(24-22-59)29-45(63)52-32-13-14-36-40(27-32)58(2)57-46(36)37-16-18-44(62)55-49(37)65/h3-15,17,27,37H,16,18-26,28-29H2,1-2H3,(H,52,63)(H,66,67)(H,53,56,64)(H,55,62,65). The van der Waals surface area contributed by atoms with E-state index in [1.165, 1.54) is 11.3 Å². The third-order valence-electron chi connectivity index (χ3n) is 13.2. The summed E-state index contributed by atoms with van der Waals surface area (Å²) in [6, 6.07) is 28.3. The van der Waals surface area contributed by atoms with E-state index in [-0.39, 0.29) is 42.3 Å². The van der Waals surface area contributed by atoms with Crippen LogP contribution in [-0.4, -0.2) is 117 Å². The number of carboxylic acids is 1. The maximum absolute atomic E-state index is 13.6. The van der Waals surface area contributed by atoms with Crippen LogP contribution < -0.4 is 25.6 Å². The summed E-state index contributed by atoms with van der Waals surface area (Å²) < 4.78 is 8.99. The summed E-state index contributed by atoms with van der Waals surface area (Å²) in [5, 5.41) is 24.8. The molecule has 4 amide bonds. The lowest BCUT2D eigenvalue weighted by Crippen LogP contribution is -2.49. The van der Waals surface area contributed by atoms with Crippen LogP contribution in [0.3, 0.4) is 0 Å². The number of nitrogens with zero attached hydrogens (tertiary/aromatic N) is 7. The minimum absolute atomic E-state index is 0.0675. The molecule has 17 nitrogen and oxygen atoms in total. The minimum Gasteiger partial charge on any atom is -0.492 e. The Morgan fingerprint density at radius 2 is 1.68 bits per heavy atom. The number of imide groups is 1. The number of hydrogen-bond acceptors (Lipinski definition) is 13. The lowest BCUT2D eigenvalue weighted by Gasteiger charge is -2.34. The summed E-state index contributed by atoms with van der Waals surface area (Å²) in [7, 11) is 1.80. The van der Waals surface area contributed by atoms with Gasteiger partial charge in [0.15, 0.2) is 10.8 Å². The maximum Gasteiger partial charge on any atom is 0.355 e. The SMILES string of the molecule is Cc1c(OCCN2CCN(CC(=O)Nc3ccc4c(C5CCC(=O)NC5=O)nn(C)c4c3)CC2)cccc1-c1ccc(N2CCc3cccc(C(=O)Nc4nc5ccccc5s4)c3C2)nc1C(=O)O. The Hall–Kier alpha value is -7.54. The molecule has 1 unspecified atom stereocenters. The van der Waals surface area contributed by atoms with Crippen molar-refractivity contribution in [3.05, 3.63) is 125 Å². The number of carboxylic acid groups (broad SMARTS) is 1. The number of piperidine rings is 1. The zero-order valence-electron chi connectivity index (χ0n) is 38.2. The normalized spacial score (nSPS) is 16.6. The lowest BCUT2D eigenvalue weighted by molar-refractivity contribution is -0.134. The molecule has 3 aliphatic heterocycles. The smallest absolute Gasteiger partial charge is 0.355 e. The number of aromatic carboxylic acids is 1. The zero-order chi connectivity index (χ0) is 47.8. The van der Waals surface area contributed by atoms with Gasteiger partial charge < -0.3 is 20.1 Å². The molecule has 0 aliphatic carbocycles. The topological polar surface area (TPSA) is 204 Å². The molecule has 0 saturated carbocycles. The van der Waals surface area contributed by atoms with Gasteiger partial charge in [0.2, 0.25) is 17.7 Å². The number of benzene rings is 4. The average molecular weight is 947 g/mol. The van der Waals surface area contributed by atoms with Gasteiger partial charge in [-0.3, -0.25) is 44.3 Å². The number of nitrogens with one attached hydrogen (secondary N) is 3. The van der Waals surface area contributed by atoms with E-state index in [2.05, 4.69) is 35.8 Å². The molecule has 1 atom stereocenters. The van der Waals surface area contributed by atoms with Crippen molar-refractivity contribution in [3.8, 4) is 16.9 Å². The maximum atomic E-state index is 13.6. The van der Waals surface area contributed by atoms with E-state index in [0.717, 1.165) is 50.9 Å². The third-order valence-corrected chi connectivity index (χ3v) is 14.2. The molecule has 10 rings (SSSR count). The van der Waals surface area contributed by atoms with Crippen molar-refractivity contribution in [2.75, 3.05) is 68.0 Å². The van der Waals surface area contributed by atoms with E-state index in [1.807, 2.05) is 96.8 Å². The molecule has 0 spiro atoms. The first kappa shape index (κ1) is 45.3. The molecular weight excluding hydrogens is 897 g/mol. The van der Waals surface area contributed by atoms with Gasteiger partial charge in [0.25, 0.3) is 5.91 Å². The molecule has 0 radical (unpaired) electrons. The molecular formula is C51H50N10O7S. The Morgan fingerprint density at radius 1 is 0.870 bits per heavy atom. The summed E-state index contributed by atoms with van der Waals surface area (Å²) in [6.07, 6.45) is 1.34. The van der Waals surface area contributed by atoms with E-state index in [0.29, 0.717) is 96.9 Å². The van der Waals surface area contributed by atoms with Crippen molar-refractivity contribution in [1.82, 2.24) is 34.9 Å². The second-order valence-corrected chi connectivity index (χ2v) is 18.6. The third kappa shape index (κ3) is 9.50. The van der Waals surface area contributed by atoms with Gasteiger partial charge in [-0.2, -0.15) is 5.10 Å². The van der Waals surface area contributed by atoms with Crippen molar-refractivity contribution >= 4 is 78.7 Å². The van der Waals surface area contributed by atoms with Gasteiger partial charge in [0.1, 0.15) is 18.2 Å². The van der Waals surface area contributed by atoms with Crippen LogP contribution in [0.5, 0.6) is 5.75 Å². The van der Waals surface area contributed by atoms with E-state index < -0.39 is 11.9 Å². The van der Waals surface area contributed by atoms with Crippen molar-refractivity contribution in [2.24, 2.45) is 7.05 Å². The number of carbonyl (C=O) groups is 5. The molecule has 0 bridgehead atoms. The molecule has 7 aromatic rings. The fourth-order valence-corrected chi connectivity index (χ4v) is 10.4. The van der Waals surface area contributed by atoms with Crippen LogP contribution in [0, 0.1) is 6.92 Å². The molecule has 4 aromatic carbocycles. The Labute approximate surface area is 401 Å². The average Bonchev–Trinajstić information content (AvgIpc) is 3.91. The quantitative estimate of drug-likeness (QED) is 0.0950. The number of ether oxygens (including phenoxy) is 1. The molecule has 352 valence electrons. The van der Waals surface area contributed by atoms with Crippen molar-refractivity contribution in [2.45, 2.75) is 38.6 Å². The molecule has 69 heavy (non-hydrogen) atoms. The van der Waals surface area contributed by atoms with Crippen LogP contribution in [0.25, 0.3) is 32.2 Å². The van der Waals surface area contributed by atoms with Gasteiger partial charge in [-0.1, -0.05) is 47.7 Å². The Kier molecular flexibility index (Phi) is 12.6. The van der Waals surface area contributed by atoms with Gasteiger partial charge in [-0.15, -0.1) is 0 Å². The minimum atomic E-state index is -1.14. The Bertz CT molecular complexity index is 3140. The lowest BCUT2D eigenvalue weighted by atomic mass is 9.93. The molecule has 18 heteroatoms. The van der Waals surface area contributed by atoms with E-state index in [9.17, 15) is 29.1 Å². The largest absolute Gasteiger partial charge is 0.492 e. The van der Waals surface area contributed by atoms with Gasteiger partial charge in [0, 0.05) is 81.5 Å². The number of aryl methyl sites for hydroxylation is 1. The fraction of sp³-hybridized carbons (Fsp3) is 0.294. The molecule has 4 N–H and O–H groups in total. The van der Waals surface area contributed by atoms with Crippen LogP contribution in [0.15, 0.2) is 91.0 Å². The number of rotatable bonds is 13. The van der Waals surface area contributed by atoms with Crippen LogP contribution in [0.2, 0.25) is 0 Å². The highest BCUT2D eigenvalue weighted by atomic mass is 32.1. The monoisotopic (exact) mass is 946 g/mol. The molecule has 2 saturated heterocycles. The van der Waals surface area contributed by atoms with Crippen LogP contribution in [0.1, 0.15) is 62.0 Å². The van der Waals surface area contributed by atoms with Crippen LogP contribution >= 0.6 is 11.3 Å². The second kappa shape index (κ2) is 19.2. The number of thiazole rings is 1. The van der Waals surface area contributed by atoms with Crippen LogP contribution in [-0.2, 0) is 34.4 Å². The second-order valence-electron chi connectivity index (χ2n) is 17.6. The van der Waals surface area contributed by atoms with Crippen LogP contribution in [0.4, 0.5) is 16.6 Å². The first-order valence-corrected chi connectivity index (χ1v) is 23.8. The summed E-state index contributed by atoms with van der Waals surface area (Å²) in [5.74, 6) is -1.46. The predicted molar refractivity (Wildman–Crippen MR) is 263 cm³/mol. The van der Waals surface area contributed by atoms with Gasteiger partial charge >= 0.3 is 5.97 Å². The highest BCUT2D eigenvalue weighted by molar-refractivity contribution is 7.22. The fourth-order valence-electron chi connectivity index (χ4n) is 9.58. The summed E-state index contributed by atoms with van der Waals surface area (Å²) in [4.78, 5) is 79.5. The summed E-state index contributed by atoms with van der Waals surface area (Å²) >= 11 is 1.42. The first-order valence-electron chi connectivity index (χ1n) is 23.0. The predicted octanol–water partition coefficient (Wildman–Crippen LogP) is 6.22. The highest BCUT2D eigenvalue weighted by Gasteiger charge is 2.32.